The average molecular weight is 419 g/mol. The number of nitrogens with zero attached hydrogens (tertiary/aromatic N) is 2. The summed E-state index contributed by atoms with van der Waals surface area (Å²) in [4.78, 5) is 63.2. The third-order valence-corrected chi connectivity index (χ3v) is 3.98. The summed E-state index contributed by atoms with van der Waals surface area (Å²) in [5.41, 5.74) is -4.44. The van der Waals surface area contributed by atoms with Gasteiger partial charge in [-0.3, -0.25) is 28.8 Å². The lowest BCUT2D eigenvalue weighted by Gasteiger charge is -2.39. The molecule has 4 atom stereocenters. The van der Waals surface area contributed by atoms with E-state index in [2.05, 4.69) is 0 Å². The highest BCUT2D eigenvalue weighted by Gasteiger charge is 2.60. The van der Waals surface area contributed by atoms with Gasteiger partial charge in [0.15, 0.2) is 18.6 Å². The fourth-order valence-electron chi connectivity index (χ4n) is 2.82. The van der Waals surface area contributed by atoms with Crippen molar-refractivity contribution in [2.75, 3.05) is 13.2 Å². The number of aromatic nitrogens is 2. The van der Waals surface area contributed by atoms with E-state index in [1.54, 1.807) is 0 Å². The van der Waals surface area contributed by atoms with E-state index in [0.29, 0.717) is 4.57 Å². The Morgan fingerprint density at radius 3 is 2.34 bits per heavy atom. The molecule has 15 nitrogen and oxygen atoms in total. The van der Waals surface area contributed by atoms with Gasteiger partial charge in [0.1, 0.15) is 18.8 Å². The number of hydrogen-bond donors (Lipinski definition) is 6. The molecule has 0 radical (unpaired) electrons. The number of hydroxylamine groups is 2. The van der Waals surface area contributed by atoms with Gasteiger partial charge in [-0.15, -0.1) is 5.06 Å². The molecule has 0 spiro atoms. The van der Waals surface area contributed by atoms with Crippen LogP contribution in [0.1, 0.15) is 12.6 Å². The first-order chi connectivity index (χ1) is 13.5. The van der Waals surface area contributed by atoms with Crippen molar-refractivity contribution in [2.24, 2.45) is 0 Å². The molecule has 1 fully saturated rings. The Balaban J connectivity index is 2.53. The van der Waals surface area contributed by atoms with Gasteiger partial charge in [-0.05, 0) is 0 Å². The second kappa shape index (κ2) is 8.50. The van der Waals surface area contributed by atoms with Crippen molar-refractivity contribution in [3.8, 4) is 0 Å². The molecule has 0 amide bonds. The summed E-state index contributed by atoms with van der Waals surface area (Å²) >= 11 is 0. The molecule has 0 bridgehead atoms. The lowest BCUT2D eigenvalue weighted by molar-refractivity contribution is -0.323. The van der Waals surface area contributed by atoms with Crippen molar-refractivity contribution < 1.29 is 49.5 Å². The van der Waals surface area contributed by atoms with E-state index in [1.807, 2.05) is 4.98 Å². The number of rotatable bonds is 9. The van der Waals surface area contributed by atoms with E-state index in [0.717, 1.165) is 12.3 Å². The minimum Gasteiger partial charge on any atom is -0.481 e. The van der Waals surface area contributed by atoms with Crippen LogP contribution in [-0.4, -0.2) is 89.1 Å². The maximum absolute atomic E-state index is 12.0. The fraction of sp³-hybridized carbons (Fsp3) is 0.500. The summed E-state index contributed by atoms with van der Waals surface area (Å²) in [6, 6.07) is 0.886. The lowest BCUT2D eigenvalue weighted by Crippen LogP contribution is -2.59. The zero-order chi connectivity index (χ0) is 21.9. The second-order valence-electron chi connectivity index (χ2n) is 5.97. The van der Waals surface area contributed by atoms with E-state index in [9.17, 15) is 39.3 Å². The van der Waals surface area contributed by atoms with Crippen LogP contribution in [0.15, 0.2) is 21.9 Å². The molecule has 6 N–H and O–H groups in total. The zero-order valence-corrected chi connectivity index (χ0v) is 14.5. The van der Waals surface area contributed by atoms with Gasteiger partial charge in [0.25, 0.3) is 5.56 Å². The standard InChI is InChI=1S/C14H17N3O12/c18-6-1-2-16(13(27)15-6)12-10(25)11(26)14(29-12,3-7(19)20)17(4-8(21)22)28-5-9(23)24/h1-2,10-12,25-26H,3-5H2,(H,19,20)(H,21,22)(H,23,24)(H,15,18,27)/t10-,11+,12-,14+/m1/s1. The van der Waals surface area contributed by atoms with E-state index < -0.39 is 72.9 Å². The van der Waals surface area contributed by atoms with Gasteiger partial charge in [-0.2, -0.15) is 0 Å². The van der Waals surface area contributed by atoms with Crippen molar-refractivity contribution in [3.63, 3.8) is 0 Å². The van der Waals surface area contributed by atoms with Crippen LogP contribution >= 0.6 is 0 Å². The molecular formula is C14H17N3O12. The quantitative estimate of drug-likeness (QED) is 0.212. The number of carboxylic acid groups (broad SMARTS) is 3. The summed E-state index contributed by atoms with van der Waals surface area (Å²) < 4.78 is 6.03. The van der Waals surface area contributed by atoms with Crippen LogP contribution in [0.2, 0.25) is 0 Å². The van der Waals surface area contributed by atoms with E-state index in [1.165, 1.54) is 0 Å². The number of carboxylic acids is 3. The first-order valence-electron chi connectivity index (χ1n) is 7.89. The number of aliphatic hydroxyl groups excluding tert-OH is 2. The van der Waals surface area contributed by atoms with Gasteiger partial charge < -0.3 is 30.3 Å². The van der Waals surface area contributed by atoms with Crippen molar-refractivity contribution in [2.45, 2.75) is 30.6 Å². The molecule has 29 heavy (non-hydrogen) atoms. The number of nitrogens with one attached hydrogen (secondary N) is 1. The molecule has 0 aromatic carbocycles. The minimum atomic E-state index is -2.58. The molecule has 0 unspecified atom stereocenters. The number of carbonyl (C=O) groups is 3. The van der Waals surface area contributed by atoms with Crippen molar-refractivity contribution >= 4 is 17.9 Å². The number of aromatic amines is 1. The summed E-state index contributed by atoms with van der Waals surface area (Å²) in [6.45, 7) is -2.26. The van der Waals surface area contributed by atoms with E-state index in [4.69, 9.17) is 19.8 Å². The Morgan fingerprint density at radius 2 is 1.83 bits per heavy atom. The predicted octanol–water partition coefficient (Wildman–Crippen LogP) is -3.64. The lowest BCUT2D eigenvalue weighted by atomic mass is 10.00. The highest BCUT2D eigenvalue weighted by molar-refractivity contribution is 5.71. The number of ether oxygens (including phenoxy) is 1. The van der Waals surface area contributed by atoms with Crippen LogP contribution in [0, 0.1) is 0 Å². The van der Waals surface area contributed by atoms with E-state index >= 15 is 0 Å². The molecule has 2 rings (SSSR count). The molecule has 1 aliphatic rings. The molecule has 0 saturated carbocycles. The third kappa shape index (κ3) is 4.66. The summed E-state index contributed by atoms with van der Waals surface area (Å²) in [5, 5.41) is 48.2. The van der Waals surface area contributed by atoms with Crippen LogP contribution in [0.4, 0.5) is 0 Å². The monoisotopic (exact) mass is 419 g/mol. The Kier molecular flexibility index (Phi) is 6.50. The topological polar surface area (TPSA) is 229 Å². The molecule has 1 saturated heterocycles. The number of hydrogen-bond acceptors (Lipinski definition) is 10. The Bertz CT molecular complexity index is 910. The molecular weight excluding hydrogens is 402 g/mol. The molecule has 1 aromatic rings. The second-order valence-corrected chi connectivity index (χ2v) is 5.97. The largest absolute Gasteiger partial charge is 0.481 e. The summed E-state index contributed by atoms with van der Waals surface area (Å²) in [7, 11) is 0. The average Bonchev–Trinajstić information content (AvgIpc) is 2.83. The molecule has 160 valence electrons. The van der Waals surface area contributed by atoms with Crippen LogP contribution in [0.5, 0.6) is 0 Å². The Morgan fingerprint density at radius 1 is 1.17 bits per heavy atom. The van der Waals surface area contributed by atoms with Crippen LogP contribution in [0.25, 0.3) is 0 Å². The van der Waals surface area contributed by atoms with Crippen molar-refractivity contribution in [1.82, 2.24) is 14.6 Å². The molecule has 2 heterocycles. The highest BCUT2D eigenvalue weighted by atomic mass is 16.7. The number of aliphatic hydroxyl groups is 2. The minimum absolute atomic E-state index is 0.266. The first kappa shape index (κ1) is 22.2. The summed E-state index contributed by atoms with van der Waals surface area (Å²) in [5.74, 6) is -4.78. The van der Waals surface area contributed by atoms with Crippen LogP contribution < -0.4 is 11.2 Å². The number of aliphatic carboxylic acids is 3. The van der Waals surface area contributed by atoms with Gasteiger partial charge in [0.05, 0.1) is 6.42 Å². The summed E-state index contributed by atoms with van der Waals surface area (Å²) in [6.07, 6.45) is -6.16. The normalized spacial score (nSPS) is 26.5. The molecule has 1 aliphatic heterocycles. The Hall–Kier alpha value is -3.11. The first-order valence-corrected chi connectivity index (χ1v) is 7.89. The SMILES string of the molecule is O=C(O)CON(CC(=O)O)[C@@]1(CC(=O)O)O[C@@H](n2ccc(=O)[nH]c2=O)[C@H](O)[C@@H]1O. The van der Waals surface area contributed by atoms with Crippen LogP contribution in [0.3, 0.4) is 0 Å². The van der Waals surface area contributed by atoms with E-state index in [-0.39, 0.29) is 5.06 Å². The van der Waals surface area contributed by atoms with Crippen molar-refractivity contribution in [1.29, 1.82) is 0 Å². The predicted molar refractivity (Wildman–Crippen MR) is 86.4 cm³/mol. The van der Waals surface area contributed by atoms with Gasteiger partial charge in [-0.1, -0.05) is 0 Å². The van der Waals surface area contributed by atoms with Crippen molar-refractivity contribution in [3.05, 3.63) is 33.1 Å². The zero-order valence-electron chi connectivity index (χ0n) is 14.5. The van der Waals surface area contributed by atoms with Gasteiger partial charge >= 0.3 is 23.6 Å². The van der Waals surface area contributed by atoms with Crippen LogP contribution in [-0.2, 0) is 24.0 Å². The number of H-pyrrole nitrogens is 1. The highest BCUT2D eigenvalue weighted by Crippen LogP contribution is 2.41. The molecule has 1 aromatic heterocycles. The fourth-order valence-corrected chi connectivity index (χ4v) is 2.82. The van der Waals surface area contributed by atoms with Gasteiger partial charge in [0.2, 0.25) is 0 Å². The maximum atomic E-state index is 12.0. The maximum Gasteiger partial charge on any atom is 0.331 e. The molecule has 15 heteroatoms. The van der Waals surface area contributed by atoms with Gasteiger partial charge in [-0.25, -0.2) is 9.59 Å². The molecule has 0 aliphatic carbocycles. The Labute approximate surface area is 159 Å². The van der Waals surface area contributed by atoms with Gasteiger partial charge in [0, 0.05) is 12.3 Å². The third-order valence-electron chi connectivity index (χ3n) is 3.98. The smallest absolute Gasteiger partial charge is 0.331 e.